The third kappa shape index (κ3) is 2.60. The summed E-state index contributed by atoms with van der Waals surface area (Å²) < 4.78 is 24.1. The van der Waals surface area contributed by atoms with E-state index in [1.54, 1.807) is 0 Å². The lowest BCUT2D eigenvalue weighted by atomic mass is 9.96. The lowest BCUT2D eigenvalue weighted by Crippen LogP contribution is -2.53. The summed E-state index contributed by atoms with van der Waals surface area (Å²) in [4.78, 5) is 0. The summed E-state index contributed by atoms with van der Waals surface area (Å²) in [5.74, 6) is 1.76. The second kappa shape index (κ2) is 5.92. The average molecular weight is 342 g/mol. The van der Waals surface area contributed by atoms with Gasteiger partial charge in [0, 0.05) is 17.7 Å². The highest BCUT2D eigenvalue weighted by Crippen LogP contribution is 2.44. The molecule has 4 nitrogen and oxygen atoms in total. The van der Waals surface area contributed by atoms with Crippen LogP contribution in [-0.2, 0) is 9.31 Å². The molecule has 0 N–H and O–H groups in total. The molecular weight excluding hydrogens is 327 g/mol. The first-order valence-corrected chi connectivity index (χ1v) is 8.52. The number of para-hydroxylation sites is 2. The van der Waals surface area contributed by atoms with Crippen LogP contribution in [0.5, 0.6) is 11.5 Å². The van der Waals surface area contributed by atoms with E-state index in [1.807, 2.05) is 84.9 Å². The minimum atomic E-state index is -2.45. The summed E-state index contributed by atoms with van der Waals surface area (Å²) in [6, 6.07) is 27.1. The van der Waals surface area contributed by atoms with Crippen molar-refractivity contribution >= 4 is 12.7 Å². The van der Waals surface area contributed by atoms with E-state index in [0.717, 1.165) is 11.1 Å². The van der Waals surface area contributed by atoms with Gasteiger partial charge in [-0.3, -0.25) is 0 Å². The van der Waals surface area contributed by atoms with Crippen LogP contribution in [0, 0.1) is 6.08 Å². The lowest BCUT2D eigenvalue weighted by molar-refractivity contribution is 0.0541. The van der Waals surface area contributed by atoms with Crippen LogP contribution in [0.2, 0.25) is 0 Å². The smallest absolute Gasteiger partial charge is 0.620 e. The van der Waals surface area contributed by atoms with Crippen molar-refractivity contribution in [2.45, 2.75) is 6.10 Å². The molecule has 0 fully saturated rings. The predicted molar refractivity (Wildman–Crippen MR) is 97.9 cm³/mol. The molecule has 2 aliphatic rings. The van der Waals surface area contributed by atoms with Crippen molar-refractivity contribution in [1.82, 2.24) is 0 Å². The molecule has 0 saturated heterocycles. The Morgan fingerprint density at radius 1 is 0.654 bits per heavy atom. The molecule has 1 spiro atoms. The maximum Gasteiger partial charge on any atom is 0.719 e. The Kier molecular flexibility index (Phi) is 3.42. The maximum absolute atomic E-state index is 6.12. The number of fused-ring (bicyclic) bond motifs is 1. The zero-order valence-electron chi connectivity index (χ0n) is 13.9. The van der Waals surface area contributed by atoms with E-state index in [4.69, 9.17) is 18.6 Å². The zero-order valence-corrected chi connectivity index (χ0v) is 13.9. The van der Waals surface area contributed by atoms with Crippen molar-refractivity contribution in [2.75, 3.05) is 0 Å². The molecule has 3 aromatic carbocycles. The van der Waals surface area contributed by atoms with Gasteiger partial charge >= 0.3 is 12.7 Å². The molecule has 0 saturated carbocycles. The van der Waals surface area contributed by atoms with Crippen LogP contribution < -0.4 is 9.31 Å². The molecule has 0 aliphatic carbocycles. The molecule has 2 aliphatic heterocycles. The van der Waals surface area contributed by atoms with E-state index >= 15 is 0 Å². The average Bonchev–Trinajstić information content (AvgIpc) is 3.06. The lowest BCUT2D eigenvalue weighted by Gasteiger charge is -2.38. The van der Waals surface area contributed by atoms with Crippen LogP contribution in [-0.4, -0.2) is 6.96 Å². The molecule has 3 aromatic rings. The Morgan fingerprint density at radius 3 is 1.88 bits per heavy atom. The summed E-state index contributed by atoms with van der Waals surface area (Å²) in [5.41, 5.74) is 1.84. The second-order valence-corrected chi connectivity index (χ2v) is 6.14. The first kappa shape index (κ1) is 15.0. The predicted octanol–water partition coefficient (Wildman–Crippen LogP) is 4.53. The van der Waals surface area contributed by atoms with Gasteiger partial charge in [0.05, 0.1) is 0 Å². The highest BCUT2D eigenvalue weighted by atomic mass is 16.9. The molecule has 0 aromatic heterocycles. The van der Waals surface area contributed by atoms with Crippen molar-refractivity contribution in [1.29, 1.82) is 0 Å². The normalized spacial score (nSPS) is 19.4. The van der Waals surface area contributed by atoms with Crippen LogP contribution in [0.15, 0.2) is 84.9 Å². The third-order valence-corrected chi connectivity index (χ3v) is 4.36. The van der Waals surface area contributed by atoms with Gasteiger partial charge in [-0.15, -0.1) is 0 Å². The Hall–Kier alpha value is -3.27. The monoisotopic (exact) mass is 342 g/mol. The molecule has 1 atom stereocenters. The molecule has 0 radical (unpaired) electrons. The van der Waals surface area contributed by atoms with E-state index in [-0.39, 0.29) is 0 Å². The molecule has 5 heteroatoms. The minimum absolute atomic E-state index is 0.463. The largest absolute Gasteiger partial charge is 0.719 e. The molecular formula is C21H15BO4. The van der Waals surface area contributed by atoms with Crippen molar-refractivity contribution < 1.29 is 18.6 Å². The third-order valence-electron chi connectivity index (χ3n) is 4.36. The fourth-order valence-corrected chi connectivity index (χ4v) is 3.14. The first-order valence-electron chi connectivity index (χ1n) is 8.52. The summed E-state index contributed by atoms with van der Waals surface area (Å²) >= 11 is 0. The van der Waals surface area contributed by atoms with Gasteiger partial charge in [-0.05, 0) is 24.3 Å². The zero-order chi connectivity index (χ0) is 17.4. The van der Waals surface area contributed by atoms with Crippen molar-refractivity contribution in [3.05, 3.63) is 102 Å². The fraction of sp³-hybridized carbons (Fsp3) is 0.0476. The summed E-state index contributed by atoms with van der Waals surface area (Å²) in [6.07, 6.45) is 2.83. The van der Waals surface area contributed by atoms with Gasteiger partial charge in [0.25, 0.3) is 0 Å². The quantitative estimate of drug-likeness (QED) is 0.507. The van der Waals surface area contributed by atoms with E-state index < -0.39 is 13.1 Å². The summed E-state index contributed by atoms with van der Waals surface area (Å²) in [6.45, 7) is -2.45. The van der Waals surface area contributed by atoms with Crippen molar-refractivity contribution in [3.8, 4) is 11.5 Å². The van der Waals surface area contributed by atoms with Gasteiger partial charge in [0.1, 0.15) is 17.6 Å². The molecule has 0 amide bonds. The SMILES string of the molecule is [C+]1=C(c2ccccc2)O[B-]2(Oc3ccccc3O2)OC1c1ccccc1. The topological polar surface area (TPSA) is 36.9 Å². The van der Waals surface area contributed by atoms with Gasteiger partial charge in [-0.2, -0.15) is 0 Å². The molecule has 126 valence electrons. The van der Waals surface area contributed by atoms with E-state index in [2.05, 4.69) is 6.08 Å². The highest BCUT2D eigenvalue weighted by molar-refractivity contribution is 6.57. The minimum Gasteiger partial charge on any atom is -0.620 e. The van der Waals surface area contributed by atoms with Crippen LogP contribution >= 0.6 is 0 Å². The number of hydrogen-bond acceptors (Lipinski definition) is 4. The Labute approximate surface area is 151 Å². The Bertz CT molecular complexity index is 931. The number of rotatable bonds is 2. The van der Waals surface area contributed by atoms with Crippen LogP contribution in [0.4, 0.5) is 0 Å². The fourth-order valence-electron chi connectivity index (χ4n) is 3.14. The van der Waals surface area contributed by atoms with Crippen LogP contribution in [0.3, 0.4) is 0 Å². The summed E-state index contributed by atoms with van der Waals surface area (Å²) in [5, 5.41) is 0. The maximum atomic E-state index is 6.12. The Morgan fingerprint density at radius 2 is 1.23 bits per heavy atom. The van der Waals surface area contributed by atoms with E-state index in [9.17, 15) is 0 Å². The van der Waals surface area contributed by atoms with E-state index in [1.165, 1.54) is 0 Å². The van der Waals surface area contributed by atoms with Crippen LogP contribution in [0.1, 0.15) is 17.2 Å². The van der Waals surface area contributed by atoms with Crippen LogP contribution in [0.25, 0.3) is 5.76 Å². The van der Waals surface area contributed by atoms with Gasteiger partial charge in [-0.1, -0.05) is 48.5 Å². The Balaban J connectivity index is 1.56. The first-order chi connectivity index (χ1) is 12.8. The number of benzene rings is 3. The van der Waals surface area contributed by atoms with Gasteiger partial charge in [-0.25, -0.2) is 0 Å². The molecule has 26 heavy (non-hydrogen) atoms. The highest BCUT2D eigenvalue weighted by Gasteiger charge is 2.52. The van der Waals surface area contributed by atoms with E-state index in [0.29, 0.717) is 17.3 Å². The summed E-state index contributed by atoms with van der Waals surface area (Å²) in [7, 11) is 0. The molecule has 5 rings (SSSR count). The number of hydrogen-bond donors (Lipinski definition) is 0. The van der Waals surface area contributed by atoms with Crippen molar-refractivity contribution in [3.63, 3.8) is 0 Å². The standard InChI is InChI=1S/C21H15BO4/c1-3-9-16(10-4-1)20-15-21(17-11-5-2-6-12-17)26-22(25-20)23-18-13-7-8-14-19(18)24-22/h1-14,20H. The molecule has 0 bridgehead atoms. The van der Waals surface area contributed by atoms with Gasteiger partial charge in [0.15, 0.2) is 11.7 Å². The molecule has 2 heterocycles. The van der Waals surface area contributed by atoms with Gasteiger partial charge in [0.2, 0.25) is 0 Å². The van der Waals surface area contributed by atoms with Crippen molar-refractivity contribution in [2.24, 2.45) is 0 Å². The second-order valence-electron chi connectivity index (χ2n) is 6.14. The molecule has 1 unspecified atom stereocenters. The van der Waals surface area contributed by atoms with Gasteiger partial charge < -0.3 is 18.6 Å².